The Hall–Kier alpha value is -3.68. The lowest BCUT2D eigenvalue weighted by Crippen LogP contribution is -2.41. The van der Waals surface area contributed by atoms with Crippen LogP contribution in [-0.2, 0) is 4.79 Å². The Balaban J connectivity index is 1.50. The molecule has 0 spiro atoms. The molecule has 2 heterocycles. The van der Waals surface area contributed by atoms with Crippen LogP contribution in [0.15, 0.2) is 65.5 Å². The summed E-state index contributed by atoms with van der Waals surface area (Å²) in [5, 5.41) is 7.41. The van der Waals surface area contributed by atoms with Gasteiger partial charge in [0.25, 0.3) is 5.56 Å². The van der Waals surface area contributed by atoms with Crippen LogP contribution in [-0.4, -0.2) is 35.9 Å². The number of methoxy groups -OCH3 is 1. The van der Waals surface area contributed by atoms with E-state index in [1.54, 1.807) is 19.2 Å². The van der Waals surface area contributed by atoms with Crippen LogP contribution < -0.4 is 20.5 Å². The van der Waals surface area contributed by atoms with Crippen molar-refractivity contribution in [1.29, 1.82) is 0 Å². The topological polar surface area (TPSA) is 76.5 Å². The molecular formula is C23H23FN4O3. The average Bonchev–Trinajstić information content (AvgIpc) is 2.80. The first kappa shape index (κ1) is 20.6. The van der Waals surface area contributed by atoms with Crippen molar-refractivity contribution < 1.29 is 13.9 Å². The molecule has 0 aliphatic carbocycles. The highest BCUT2D eigenvalue weighted by Crippen LogP contribution is 2.24. The zero-order chi connectivity index (χ0) is 21.8. The molecule has 1 aromatic heterocycles. The highest BCUT2D eigenvalue weighted by molar-refractivity contribution is 5.93. The molecule has 1 aliphatic heterocycles. The van der Waals surface area contributed by atoms with Crippen molar-refractivity contribution in [2.24, 2.45) is 5.92 Å². The number of hydrogen-bond donors (Lipinski definition) is 1. The van der Waals surface area contributed by atoms with E-state index in [4.69, 9.17) is 4.74 Å². The van der Waals surface area contributed by atoms with Crippen molar-refractivity contribution in [2.45, 2.75) is 12.8 Å². The number of anilines is 2. The molecule has 1 amide bonds. The van der Waals surface area contributed by atoms with E-state index in [1.807, 2.05) is 23.1 Å². The number of aromatic nitrogens is 2. The predicted molar refractivity (Wildman–Crippen MR) is 116 cm³/mol. The van der Waals surface area contributed by atoms with Gasteiger partial charge in [-0.1, -0.05) is 6.07 Å². The molecule has 1 N–H and O–H groups in total. The molecule has 1 atom stereocenters. The number of carbonyl (C=O) groups is 1. The van der Waals surface area contributed by atoms with Crippen LogP contribution in [0.2, 0.25) is 0 Å². The third-order valence-electron chi connectivity index (χ3n) is 5.31. The fraction of sp³-hybridized carbons (Fsp3) is 0.261. The van der Waals surface area contributed by atoms with E-state index >= 15 is 0 Å². The SMILES string of the molecule is COc1cccc(NC(=O)C2CCCN(c3ccc(=O)n(-c4ccc(F)cc4)n3)C2)c1. The summed E-state index contributed by atoms with van der Waals surface area (Å²) in [6.45, 7) is 1.22. The summed E-state index contributed by atoms with van der Waals surface area (Å²) < 4.78 is 19.7. The molecule has 1 aliphatic rings. The third-order valence-corrected chi connectivity index (χ3v) is 5.31. The molecule has 160 valence electrons. The van der Waals surface area contributed by atoms with Gasteiger partial charge in [-0.15, -0.1) is 5.10 Å². The van der Waals surface area contributed by atoms with E-state index in [0.29, 0.717) is 29.5 Å². The summed E-state index contributed by atoms with van der Waals surface area (Å²) in [4.78, 5) is 27.1. The minimum absolute atomic E-state index is 0.0650. The maximum atomic E-state index is 13.2. The highest BCUT2D eigenvalue weighted by atomic mass is 19.1. The molecule has 4 rings (SSSR count). The lowest BCUT2D eigenvalue weighted by atomic mass is 9.97. The first-order chi connectivity index (χ1) is 15.0. The second kappa shape index (κ2) is 8.99. The Labute approximate surface area is 179 Å². The van der Waals surface area contributed by atoms with Gasteiger partial charge in [0.2, 0.25) is 5.91 Å². The molecule has 1 fully saturated rings. The van der Waals surface area contributed by atoms with Gasteiger partial charge in [-0.3, -0.25) is 9.59 Å². The van der Waals surface area contributed by atoms with Crippen molar-refractivity contribution in [3.63, 3.8) is 0 Å². The van der Waals surface area contributed by atoms with Crippen molar-refractivity contribution >= 4 is 17.4 Å². The Kier molecular flexibility index (Phi) is 5.97. The van der Waals surface area contributed by atoms with Gasteiger partial charge in [-0.2, -0.15) is 4.68 Å². The highest BCUT2D eigenvalue weighted by Gasteiger charge is 2.27. The number of piperidine rings is 1. The fourth-order valence-corrected chi connectivity index (χ4v) is 3.68. The quantitative estimate of drug-likeness (QED) is 0.683. The number of carbonyl (C=O) groups excluding carboxylic acids is 1. The maximum absolute atomic E-state index is 13.2. The van der Waals surface area contributed by atoms with Gasteiger partial charge >= 0.3 is 0 Å². The minimum Gasteiger partial charge on any atom is -0.497 e. The van der Waals surface area contributed by atoms with Crippen molar-refractivity contribution in [3.05, 3.63) is 76.8 Å². The van der Waals surface area contributed by atoms with Gasteiger partial charge in [0.15, 0.2) is 0 Å². The molecule has 3 aromatic rings. The molecule has 0 bridgehead atoms. The average molecular weight is 422 g/mol. The van der Waals surface area contributed by atoms with Crippen LogP contribution in [0.25, 0.3) is 5.69 Å². The number of nitrogens with one attached hydrogen (secondary N) is 1. The Morgan fingerprint density at radius 3 is 2.74 bits per heavy atom. The monoisotopic (exact) mass is 422 g/mol. The molecule has 0 radical (unpaired) electrons. The van der Waals surface area contributed by atoms with E-state index < -0.39 is 0 Å². The number of rotatable bonds is 5. The Morgan fingerprint density at radius 1 is 1.16 bits per heavy atom. The van der Waals surface area contributed by atoms with Gasteiger partial charge < -0.3 is 15.0 Å². The van der Waals surface area contributed by atoms with E-state index in [0.717, 1.165) is 19.4 Å². The van der Waals surface area contributed by atoms with E-state index in [2.05, 4.69) is 10.4 Å². The number of halogens is 1. The van der Waals surface area contributed by atoms with Gasteiger partial charge in [0.1, 0.15) is 17.4 Å². The molecule has 8 heteroatoms. The zero-order valence-electron chi connectivity index (χ0n) is 17.1. The number of benzene rings is 2. The molecule has 1 saturated heterocycles. The normalized spacial score (nSPS) is 16.1. The van der Waals surface area contributed by atoms with Gasteiger partial charge in [-0.05, 0) is 55.3 Å². The number of ether oxygens (including phenoxy) is 1. The number of amides is 1. The van der Waals surface area contributed by atoms with Crippen LogP contribution in [0, 0.1) is 11.7 Å². The van der Waals surface area contributed by atoms with Crippen LogP contribution in [0.5, 0.6) is 5.75 Å². The Morgan fingerprint density at radius 2 is 1.97 bits per heavy atom. The molecule has 0 saturated carbocycles. The van der Waals surface area contributed by atoms with Crippen molar-refractivity contribution in [1.82, 2.24) is 9.78 Å². The summed E-state index contributed by atoms with van der Waals surface area (Å²) in [7, 11) is 1.58. The van der Waals surface area contributed by atoms with Gasteiger partial charge in [-0.25, -0.2) is 4.39 Å². The molecular weight excluding hydrogens is 399 g/mol. The summed E-state index contributed by atoms with van der Waals surface area (Å²) in [5.74, 6) is 0.616. The zero-order valence-corrected chi connectivity index (χ0v) is 17.1. The van der Waals surface area contributed by atoms with Gasteiger partial charge in [0.05, 0.1) is 18.7 Å². The third kappa shape index (κ3) is 4.74. The molecule has 2 aromatic carbocycles. The van der Waals surface area contributed by atoms with E-state index in [-0.39, 0.29) is 23.2 Å². The minimum atomic E-state index is -0.381. The smallest absolute Gasteiger partial charge is 0.271 e. The second-order valence-electron chi connectivity index (χ2n) is 7.42. The van der Waals surface area contributed by atoms with Crippen LogP contribution in [0.4, 0.5) is 15.9 Å². The summed E-state index contributed by atoms with van der Waals surface area (Å²) in [6.07, 6.45) is 1.59. The largest absolute Gasteiger partial charge is 0.497 e. The van der Waals surface area contributed by atoms with Gasteiger partial charge in [0, 0.05) is 30.9 Å². The number of hydrogen-bond acceptors (Lipinski definition) is 5. The summed E-state index contributed by atoms with van der Waals surface area (Å²) >= 11 is 0. The van der Waals surface area contributed by atoms with Crippen LogP contribution >= 0.6 is 0 Å². The first-order valence-corrected chi connectivity index (χ1v) is 10.1. The first-order valence-electron chi connectivity index (χ1n) is 10.1. The lowest BCUT2D eigenvalue weighted by Gasteiger charge is -2.33. The maximum Gasteiger partial charge on any atom is 0.271 e. The summed E-state index contributed by atoms with van der Waals surface area (Å²) in [5.41, 5.74) is 0.863. The van der Waals surface area contributed by atoms with E-state index in [9.17, 15) is 14.0 Å². The van der Waals surface area contributed by atoms with E-state index in [1.165, 1.54) is 35.0 Å². The van der Waals surface area contributed by atoms with Crippen molar-refractivity contribution in [2.75, 3.05) is 30.4 Å². The molecule has 31 heavy (non-hydrogen) atoms. The number of nitrogens with zero attached hydrogens (tertiary/aromatic N) is 3. The molecule has 7 nitrogen and oxygen atoms in total. The van der Waals surface area contributed by atoms with Crippen LogP contribution in [0.3, 0.4) is 0 Å². The molecule has 1 unspecified atom stereocenters. The standard InChI is InChI=1S/C23H23FN4O3/c1-31-20-6-2-5-18(14-20)25-23(30)16-4-3-13-27(15-16)21-11-12-22(29)28(26-21)19-9-7-17(24)8-10-19/h2,5-12,14,16H,3-4,13,15H2,1H3,(H,25,30). The van der Waals surface area contributed by atoms with Crippen LogP contribution in [0.1, 0.15) is 12.8 Å². The fourth-order valence-electron chi connectivity index (χ4n) is 3.68. The Bertz CT molecular complexity index is 1130. The van der Waals surface area contributed by atoms with Crippen molar-refractivity contribution in [3.8, 4) is 11.4 Å². The lowest BCUT2D eigenvalue weighted by molar-refractivity contribution is -0.120. The second-order valence-corrected chi connectivity index (χ2v) is 7.42. The summed E-state index contributed by atoms with van der Waals surface area (Å²) in [6, 6.07) is 15.9. The predicted octanol–water partition coefficient (Wildman–Crippen LogP) is 3.24.